The standard InChI is InChI=1S/C29H33BrN6O4/c1-16-12-20(36-10-7-19(8-11-36)33-17(2)37)14-23-27(16)35-28(34-23)26-22(6-9-31-29(26)39)32-15-24(38)18-4-5-25(40-3)21(30)13-18/h4-6,9,12-14,19,24,38H,7-8,10-11,15H2,1-3H3,(H,33,37)(H,34,35)(H2,31,32,39). The number of H-pyrrole nitrogens is 2. The van der Waals surface area contributed by atoms with E-state index in [1.165, 1.54) is 0 Å². The van der Waals surface area contributed by atoms with Crippen molar-refractivity contribution in [3.63, 3.8) is 0 Å². The van der Waals surface area contributed by atoms with Crippen LogP contribution in [0.1, 0.15) is 37.0 Å². The maximum absolute atomic E-state index is 13.0. The van der Waals surface area contributed by atoms with Gasteiger partial charge in [0, 0.05) is 44.5 Å². The number of aliphatic hydroxyl groups excluding tert-OH is 1. The number of hydrogen-bond acceptors (Lipinski definition) is 7. The predicted molar refractivity (Wildman–Crippen MR) is 160 cm³/mol. The number of hydrogen-bond donors (Lipinski definition) is 5. The Hall–Kier alpha value is -3.83. The molecule has 0 radical (unpaired) electrons. The zero-order valence-electron chi connectivity index (χ0n) is 22.7. The third kappa shape index (κ3) is 5.85. The van der Waals surface area contributed by atoms with Crippen LogP contribution in [0, 0.1) is 6.92 Å². The van der Waals surface area contributed by atoms with Gasteiger partial charge >= 0.3 is 0 Å². The van der Waals surface area contributed by atoms with Crippen LogP contribution < -0.4 is 25.8 Å². The van der Waals surface area contributed by atoms with Crippen molar-refractivity contribution in [2.24, 2.45) is 0 Å². The SMILES string of the molecule is COc1ccc(C(O)CNc2cc[nH]c(=O)c2-c2nc3c(C)cc(N4CCC(NC(C)=O)CC4)cc3[nH]2)cc1Br. The Morgan fingerprint density at radius 1 is 1.25 bits per heavy atom. The Kier molecular flexibility index (Phi) is 8.13. The number of carbonyl (C=O) groups is 1. The Labute approximate surface area is 240 Å². The quantitative estimate of drug-likeness (QED) is 0.202. The summed E-state index contributed by atoms with van der Waals surface area (Å²) in [7, 11) is 1.59. The smallest absolute Gasteiger partial charge is 0.261 e. The average Bonchev–Trinajstić information content (AvgIpc) is 3.36. The number of nitrogens with zero attached hydrogens (tertiary/aromatic N) is 2. The van der Waals surface area contributed by atoms with Gasteiger partial charge < -0.3 is 35.3 Å². The van der Waals surface area contributed by atoms with E-state index >= 15 is 0 Å². The average molecular weight is 610 g/mol. The van der Waals surface area contributed by atoms with Gasteiger partial charge in [0.05, 0.1) is 34.4 Å². The number of nitrogens with one attached hydrogen (secondary N) is 4. The van der Waals surface area contributed by atoms with Gasteiger partial charge in [-0.3, -0.25) is 9.59 Å². The molecular weight excluding hydrogens is 576 g/mol. The van der Waals surface area contributed by atoms with Crippen LogP contribution in [0.5, 0.6) is 5.75 Å². The number of rotatable bonds is 8. The van der Waals surface area contributed by atoms with E-state index in [-0.39, 0.29) is 24.1 Å². The maximum Gasteiger partial charge on any atom is 0.261 e. The van der Waals surface area contributed by atoms with Crippen LogP contribution in [0.4, 0.5) is 11.4 Å². The van der Waals surface area contributed by atoms with Crippen molar-refractivity contribution in [2.45, 2.75) is 38.8 Å². The molecule has 1 saturated heterocycles. The summed E-state index contributed by atoms with van der Waals surface area (Å²) in [5.74, 6) is 1.14. The summed E-state index contributed by atoms with van der Waals surface area (Å²) >= 11 is 3.45. The molecule has 0 saturated carbocycles. The van der Waals surface area contributed by atoms with Gasteiger partial charge in [-0.1, -0.05) is 6.07 Å². The number of aryl methyl sites for hydroxylation is 1. The highest BCUT2D eigenvalue weighted by Crippen LogP contribution is 2.31. The Morgan fingerprint density at radius 2 is 2.02 bits per heavy atom. The van der Waals surface area contributed by atoms with Crippen LogP contribution in [-0.4, -0.2) is 58.8 Å². The molecule has 1 aliphatic heterocycles. The summed E-state index contributed by atoms with van der Waals surface area (Å²) < 4.78 is 6.02. The molecule has 1 aliphatic rings. The van der Waals surface area contributed by atoms with Crippen molar-refractivity contribution in [1.29, 1.82) is 0 Å². The van der Waals surface area contributed by atoms with Gasteiger partial charge in [0.25, 0.3) is 5.56 Å². The molecular formula is C29H33BrN6O4. The molecule has 1 fully saturated rings. The van der Waals surface area contributed by atoms with Gasteiger partial charge in [-0.15, -0.1) is 0 Å². The summed E-state index contributed by atoms with van der Waals surface area (Å²) in [6.45, 7) is 5.44. The van der Waals surface area contributed by atoms with Crippen molar-refractivity contribution in [3.8, 4) is 17.1 Å². The lowest BCUT2D eigenvalue weighted by Crippen LogP contribution is -2.44. The number of aromatic amines is 2. The van der Waals surface area contributed by atoms with E-state index in [2.05, 4.69) is 53.6 Å². The van der Waals surface area contributed by atoms with Crippen molar-refractivity contribution in [1.82, 2.24) is 20.3 Å². The number of carbonyl (C=O) groups excluding carboxylic acids is 1. The van der Waals surface area contributed by atoms with Gasteiger partial charge in [-0.25, -0.2) is 4.98 Å². The first-order chi connectivity index (χ1) is 19.2. The van der Waals surface area contributed by atoms with E-state index in [4.69, 9.17) is 9.72 Å². The topological polar surface area (TPSA) is 135 Å². The summed E-state index contributed by atoms with van der Waals surface area (Å²) in [6.07, 6.45) is 2.53. The molecule has 2 aromatic carbocycles. The highest BCUT2D eigenvalue weighted by atomic mass is 79.9. The van der Waals surface area contributed by atoms with Crippen LogP contribution >= 0.6 is 15.9 Å². The highest BCUT2D eigenvalue weighted by molar-refractivity contribution is 9.10. The highest BCUT2D eigenvalue weighted by Gasteiger charge is 2.22. The van der Waals surface area contributed by atoms with Crippen LogP contribution in [0.3, 0.4) is 0 Å². The first kappa shape index (κ1) is 27.7. The van der Waals surface area contributed by atoms with Gasteiger partial charge in [-0.2, -0.15) is 0 Å². The molecule has 3 heterocycles. The van der Waals surface area contributed by atoms with E-state index in [9.17, 15) is 14.7 Å². The second-order valence-corrected chi connectivity index (χ2v) is 10.9. The number of imidazole rings is 1. The molecule has 210 valence electrons. The second kappa shape index (κ2) is 11.7. The fraction of sp³-hybridized carbons (Fsp3) is 0.345. The van der Waals surface area contributed by atoms with Crippen LogP contribution in [0.2, 0.25) is 0 Å². The number of piperidine rings is 1. The lowest BCUT2D eigenvalue weighted by molar-refractivity contribution is -0.119. The summed E-state index contributed by atoms with van der Waals surface area (Å²) in [4.78, 5) is 37.6. The first-order valence-corrected chi connectivity index (χ1v) is 14.0. The number of amides is 1. The number of halogens is 1. The molecule has 1 amide bonds. The number of ether oxygens (including phenoxy) is 1. The number of fused-ring (bicyclic) bond motifs is 1. The molecule has 11 heteroatoms. The zero-order chi connectivity index (χ0) is 28.4. The normalized spacial score (nSPS) is 14.8. The van der Waals surface area contributed by atoms with Crippen LogP contribution in [-0.2, 0) is 4.79 Å². The molecule has 0 spiro atoms. The van der Waals surface area contributed by atoms with Crippen LogP contribution in [0.15, 0.2) is 51.9 Å². The molecule has 1 unspecified atom stereocenters. The molecule has 2 aromatic heterocycles. The van der Waals surface area contributed by atoms with E-state index in [0.717, 1.165) is 52.7 Å². The maximum atomic E-state index is 13.0. The fourth-order valence-corrected chi connectivity index (χ4v) is 5.78. The van der Waals surface area contributed by atoms with E-state index < -0.39 is 6.10 Å². The summed E-state index contributed by atoms with van der Waals surface area (Å²) in [6, 6.07) is 11.5. The Bertz CT molecular complexity index is 1590. The van der Waals surface area contributed by atoms with E-state index in [1.807, 2.05) is 13.0 Å². The first-order valence-electron chi connectivity index (χ1n) is 13.2. The van der Waals surface area contributed by atoms with E-state index in [1.54, 1.807) is 38.4 Å². The molecule has 0 bridgehead atoms. The molecule has 40 heavy (non-hydrogen) atoms. The Balaban J connectivity index is 1.37. The van der Waals surface area contributed by atoms with Gasteiger partial charge in [-0.05, 0) is 77.2 Å². The van der Waals surface area contributed by atoms with Crippen molar-refractivity contribution >= 4 is 44.2 Å². The van der Waals surface area contributed by atoms with Crippen molar-refractivity contribution in [2.75, 3.05) is 37.0 Å². The number of methoxy groups -OCH3 is 1. The van der Waals surface area contributed by atoms with Crippen LogP contribution in [0.25, 0.3) is 22.4 Å². The number of aliphatic hydroxyl groups is 1. The fourth-order valence-electron chi connectivity index (χ4n) is 5.22. The monoisotopic (exact) mass is 608 g/mol. The molecule has 0 aliphatic carbocycles. The van der Waals surface area contributed by atoms with E-state index in [0.29, 0.717) is 28.4 Å². The van der Waals surface area contributed by atoms with Gasteiger partial charge in [0.15, 0.2) is 0 Å². The number of benzene rings is 2. The Morgan fingerprint density at radius 3 is 2.73 bits per heavy atom. The predicted octanol–water partition coefficient (Wildman–Crippen LogP) is 4.25. The minimum absolute atomic E-state index is 0.00813. The molecule has 5 N–H and O–H groups in total. The number of pyridine rings is 1. The summed E-state index contributed by atoms with van der Waals surface area (Å²) in [5.41, 5.74) is 5.07. The third-order valence-corrected chi connectivity index (χ3v) is 7.89. The van der Waals surface area contributed by atoms with Crippen molar-refractivity contribution < 1.29 is 14.6 Å². The minimum Gasteiger partial charge on any atom is -0.496 e. The number of aromatic nitrogens is 3. The largest absolute Gasteiger partial charge is 0.496 e. The lowest BCUT2D eigenvalue weighted by atomic mass is 10.0. The molecule has 4 aromatic rings. The van der Waals surface area contributed by atoms with Gasteiger partial charge in [0.2, 0.25) is 5.91 Å². The number of anilines is 2. The van der Waals surface area contributed by atoms with Gasteiger partial charge in [0.1, 0.15) is 17.1 Å². The zero-order valence-corrected chi connectivity index (χ0v) is 24.3. The minimum atomic E-state index is -0.815. The van der Waals surface area contributed by atoms with Crippen molar-refractivity contribution in [3.05, 3.63) is 68.5 Å². The second-order valence-electron chi connectivity index (χ2n) is 10.1. The molecule has 5 rings (SSSR count). The summed E-state index contributed by atoms with van der Waals surface area (Å²) in [5, 5.41) is 17.0. The molecule has 10 nitrogen and oxygen atoms in total. The lowest BCUT2D eigenvalue weighted by Gasteiger charge is -2.34. The third-order valence-electron chi connectivity index (χ3n) is 7.27. The molecule has 1 atom stereocenters.